The first-order chi connectivity index (χ1) is 15.5. The van der Waals surface area contributed by atoms with E-state index >= 15 is 0 Å². The second-order valence-corrected chi connectivity index (χ2v) is 7.30. The summed E-state index contributed by atoms with van der Waals surface area (Å²) in [6.45, 7) is 0. The van der Waals surface area contributed by atoms with Gasteiger partial charge in [-0.1, -0.05) is 12.1 Å². The topological polar surface area (TPSA) is 82.2 Å². The molecule has 1 amide bonds. The van der Waals surface area contributed by atoms with Gasteiger partial charge in [-0.25, -0.2) is 14.4 Å². The highest BCUT2D eigenvalue weighted by Crippen LogP contribution is 2.25. The maximum Gasteiger partial charge on any atom is 0.221 e. The number of benzene rings is 2. The fourth-order valence-corrected chi connectivity index (χ4v) is 3.40. The van der Waals surface area contributed by atoms with Gasteiger partial charge < -0.3 is 19.0 Å². The van der Waals surface area contributed by atoms with Crippen LogP contribution in [-0.4, -0.2) is 27.6 Å². The second-order valence-electron chi connectivity index (χ2n) is 7.30. The molecular weight excluding hydrogens is 411 g/mol. The van der Waals surface area contributed by atoms with E-state index < -0.39 is 6.04 Å². The third kappa shape index (κ3) is 4.85. The van der Waals surface area contributed by atoms with Gasteiger partial charge in [0.05, 0.1) is 13.3 Å². The number of rotatable bonds is 8. The molecule has 0 spiro atoms. The first kappa shape index (κ1) is 21.3. The van der Waals surface area contributed by atoms with Gasteiger partial charge in [-0.05, 0) is 42.0 Å². The molecule has 1 atom stereocenters. The summed E-state index contributed by atoms with van der Waals surface area (Å²) in [5.41, 5.74) is 1.59. The number of methoxy groups -OCH3 is 1. The van der Waals surface area contributed by atoms with E-state index in [1.165, 1.54) is 12.1 Å². The van der Waals surface area contributed by atoms with Gasteiger partial charge in [0.15, 0.2) is 11.7 Å². The summed E-state index contributed by atoms with van der Waals surface area (Å²) < 4.78 is 26.0. The van der Waals surface area contributed by atoms with Gasteiger partial charge >= 0.3 is 0 Å². The number of carbonyl (C=O) groups excluding carboxylic acids is 1. The van der Waals surface area contributed by atoms with E-state index in [4.69, 9.17) is 9.15 Å². The van der Waals surface area contributed by atoms with Gasteiger partial charge in [-0.15, -0.1) is 0 Å². The minimum Gasteiger partial charge on any atom is -0.497 e. The minimum atomic E-state index is -0.433. The van der Waals surface area contributed by atoms with E-state index in [9.17, 15) is 9.18 Å². The summed E-state index contributed by atoms with van der Waals surface area (Å²) in [5.74, 6) is 1.90. The van der Waals surface area contributed by atoms with Crippen LogP contribution in [0.15, 0.2) is 71.5 Å². The van der Waals surface area contributed by atoms with E-state index in [0.717, 1.165) is 11.1 Å². The molecule has 7 nitrogen and oxygen atoms in total. The van der Waals surface area contributed by atoms with Crippen LogP contribution in [0.5, 0.6) is 5.75 Å². The number of carbonyl (C=O) groups is 1. The molecule has 2 aromatic carbocycles. The van der Waals surface area contributed by atoms with Gasteiger partial charge in [0.1, 0.15) is 23.4 Å². The van der Waals surface area contributed by atoms with Crippen molar-refractivity contribution in [2.45, 2.75) is 18.9 Å². The second kappa shape index (κ2) is 9.47. The number of imidazole rings is 1. The van der Waals surface area contributed by atoms with Crippen LogP contribution in [0.2, 0.25) is 0 Å². The number of amides is 1. The molecule has 0 saturated heterocycles. The molecule has 8 heteroatoms. The van der Waals surface area contributed by atoms with Crippen LogP contribution in [0.1, 0.15) is 29.7 Å². The highest BCUT2D eigenvalue weighted by molar-refractivity contribution is 5.77. The van der Waals surface area contributed by atoms with Crippen LogP contribution in [0.3, 0.4) is 0 Å². The molecule has 1 unspecified atom stereocenters. The first-order valence-electron chi connectivity index (χ1n) is 10.1. The molecule has 4 rings (SSSR count). The monoisotopic (exact) mass is 434 g/mol. The summed E-state index contributed by atoms with van der Waals surface area (Å²) in [6, 6.07) is 13.1. The van der Waals surface area contributed by atoms with Crippen molar-refractivity contribution in [2.24, 2.45) is 7.05 Å². The largest absolute Gasteiger partial charge is 0.497 e. The van der Waals surface area contributed by atoms with Crippen molar-refractivity contribution >= 4 is 5.91 Å². The number of nitrogens with zero attached hydrogens (tertiary/aromatic N) is 3. The number of nitrogens with one attached hydrogen (secondary N) is 1. The van der Waals surface area contributed by atoms with Crippen LogP contribution in [0.4, 0.5) is 4.39 Å². The van der Waals surface area contributed by atoms with E-state index in [-0.39, 0.29) is 18.1 Å². The molecule has 2 aromatic heterocycles. The number of hydrogen-bond donors (Lipinski definition) is 1. The number of oxazole rings is 1. The first-order valence-corrected chi connectivity index (χ1v) is 10.1. The fraction of sp³-hybridized carbons (Fsp3) is 0.208. The molecule has 0 aliphatic carbocycles. The SMILES string of the molecule is COc1cccc(C(NC(=O)CCc2ncc(-c3ccc(F)cc3)o2)c2nccn2C)c1. The molecule has 32 heavy (non-hydrogen) atoms. The Kier molecular flexibility index (Phi) is 6.30. The summed E-state index contributed by atoms with van der Waals surface area (Å²) in [7, 11) is 3.48. The minimum absolute atomic E-state index is 0.164. The Morgan fingerprint density at radius 2 is 2.03 bits per heavy atom. The summed E-state index contributed by atoms with van der Waals surface area (Å²) >= 11 is 0. The Morgan fingerprint density at radius 1 is 1.22 bits per heavy atom. The number of aromatic nitrogens is 3. The lowest BCUT2D eigenvalue weighted by Crippen LogP contribution is -2.31. The van der Waals surface area contributed by atoms with Crippen LogP contribution in [0.25, 0.3) is 11.3 Å². The zero-order valence-electron chi connectivity index (χ0n) is 17.8. The summed E-state index contributed by atoms with van der Waals surface area (Å²) in [6.07, 6.45) is 5.62. The fourth-order valence-electron chi connectivity index (χ4n) is 3.40. The molecular formula is C24H23FN4O3. The quantitative estimate of drug-likeness (QED) is 0.452. The van der Waals surface area contributed by atoms with Crippen molar-refractivity contribution in [3.05, 3.63) is 90.2 Å². The van der Waals surface area contributed by atoms with Crippen molar-refractivity contribution in [3.8, 4) is 17.1 Å². The van der Waals surface area contributed by atoms with Gasteiger partial charge in [0.25, 0.3) is 0 Å². The third-order valence-electron chi connectivity index (χ3n) is 5.10. The Morgan fingerprint density at radius 3 is 2.75 bits per heavy atom. The van der Waals surface area contributed by atoms with Gasteiger partial charge in [0.2, 0.25) is 5.91 Å². The third-order valence-corrected chi connectivity index (χ3v) is 5.10. The molecule has 0 radical (unpaired) electrons. The van der Waals surface area contributed by atoms with E-state index in [0.29, 0.717) is 29.6 Å². The summed E-state index contributed by atoms with van der Waals surface area (Å²) in [5, 5.41) is 3.05. The normalized spacial score (nSPS) is 11.8. The van der Waals surface area contributed by atoms with Crippen LogP contribution in [0, 0.1) is 5.82 Å². The Balaban J connectivity index is 1.45. The van der Waals surface area contributed by atoms with Crippen molar-refractivity contribution in [1.82, 2.24) is 19.9 Å². The molecule has 2 heterocycles. The van der Waals surface area contributed by atoms with Crippen LogP contribution < -0.4 is 10.1 Å². The Labute approximate surface area is 184 Å². The van der Waals surface area contributed by atoms with Gasteiger partial charge in [0, 0.05) is 37.8 Å². The van der Waals surface area contributed by atoms with E-state index in [1.807, 2.05) is 42.1 Å². The summed E-state index contributed by atoms with van der Waals surface area (Å²) in [4.78, 5) is 21.4. The standard InChI is InChI=1S/C24H23FN4O3/c1-29-13-12-26-24(29)23(17-4-3-5-19(14-17)31-2)28-21(30)10-11-22-27-15-20(32-22)16-6-8-18(25)9-7-16/h3-9,12-15,23H,10-11H2,1-2H3,(H,28,30). The highest BCUT2D eigenvalue weighted by Gasteiger charge is 2.21. The average Bonchev–Trinajstić information content (AvgIpc) is 3.46. The molecule has 0 saturated carbocycles. The van der Waals surface area contributed by atoms with Crippen molar-refractivity contribution < 1.29 is 18.3 Å². The zero-order valence-corrected chi connectivity index (χ0v) is 17.8. The van der Waals surface area contributed by atoms with E-state index in [2.05, 4.69) is 15.3 Å². The van der Waals surface area contributed by atoms with Crippen molar-refractivity contribution in [3.63, 3.8) is 0 Å². The molecule has 164 valence electrons. The number of aryl methyl sites for hydroxylation is 2. The smallest absolute Gasteiger partial charge is 0.221 e. The Bertz CT molecular complexity index is 1200. The van der Waals surface area contributed by atoms with E-state index in [1.54, 1.807) is 31.6 Å². The maximum atomic E-state index is 13.1. The number of ether oxygens (including phenoxy) is 1. The Hall–Kier alpha value is -3.94. The van der Waals surface area contributed by atoms with Crippen LogP contribution in [-0.2, 0) is 18.3 Å². The average molecular weight is 434 g/mol. The molecule has 1 N–H and O–H groups in total. The predicted molar refractivity (Wildman–Crippen MR) is 116 cm³/mol. The lowest BCUT2D eigenvalue weighted by molar-refractivity contribution is -0.121. The number of halogens is 1. The lowest BCUT2D eigenvalue weighted by atomic mass is 10.1. The van der Waals surface area contributed by atoms with Gasteiger partial charge in [-0.2, -0.15) is 0 Å². The number of hydrogen-bond acceptors (Lipinski definition) is 5. The zero-order chi connectivity index (χ0) is 22.5. The van der Waals surface area contributed by atoms with Crippen LogP contribution >= 0.6 is 0 Å². The predicted octanol–water partition coefficient (Wildman–Crippen LogP) is 4.06. The molecule has 4 aromatic rings. The highest BCUT2D eigenvalue weighted by atomic mass is 19.1. The van der Waals surface area contributed by atoms with Crippen molar-refractivity contribution in [2.75, 3.05) is 7.11 Å². The maximum absolute atomic E-state index is 13.1. The molecule has 0 bridgehead atoms. The van der Waals surface area contributed by atoms with Gasteiger partial charge in [-0.3, -0.25) is 4.79 Å². The lowest BCUT2D eigenvalue weighted by Gasteiger charge is -2.19. The van der Waals surface area contributed by atoms with Crippen molar-refractivity contribution in [1.29, 1.82) is 0 Å². The molecule has 0 aliphatic heterocycles. The molecule has 0 fully saturated rings. The molecule has 0 aliphatic rings.